The summed E-state index contributed by atoms with van der Waals surface area (Å²) < 4.78 is 73.8. The van der Waals surface area contributed by atoms with Gasteiger partial charge in [0.05, 0.1) is 32.3 Å². The first-order chi connectivity index (χ1) is 18.6. The highest BCUT2D eigenvalue weighted by molar-refractivity contribution is 5.95. The van der Waals surface area contributed by atoms with Gasteiger partial charge in [-0.25, -0.2) is 4.79 Å². The second-order valence-corrected chi connectivity index (χ2v) is 8.24. The van der Waals surface area contributed by atoms with E-state index in [2.05, 4.69) is 0 Å². The number of benzene rings is 3. The third-order valence-corrected chi connectivity index (χ3v) is 5.93. The standard InChI is InChI=1S/C28H19F3O8/c1-34-18-10-7-14(11-21(18)36-3)23-24(32)17-9-8-16(13-20(17)39-26(23)28(29,30)31)37-27(33)22-12-15-5-4-6-19(35-2)25(15)38-22/h4-13H,1-3H3. The molecule has 0 bridgehead atoms. The van der Waals surface area contributed by atoms with E-state index in [-0.39, 0.29) is 34.0 Å². The van der Waals surface area contributed by atoms with E-state index in [9.17, 15) is 22.8 Å². The second-order valence-electron chi connectivity index (χ2n) is 8.24. The molecule has 39 heavy (non-hydrogen) atoms. The topological polar surface area (TPSA) is 97.3 Å². The average molecular weight is 540 g/mol. The molecule has 0 radical (unpaired) electrons. The van der Waals surface area contributed by atoms with E-state index in [4.69, 9.17) is 27.8 Å². The highest BCUT2D eigenvalue weighted by Gasteiger charge is 2.39. The average Bonchev–Trinajstić information content (AvgIpc) is 3.37. The Bertz CT molecular complexity index is 1780. The summed E-state index contributed by atoms with van der Waals surface area (Å²) in [4.78, 5) is 26.0. The number of methoxy groups -OCH3 is 3. The maximum Gasteiger partial charge on any atom is 0.450 e. The second kappa shape index (κ2) is 9.75. The number of rotatable bonds is 6. The van der Waals surface area contributed by atoms with Crippen molar-refractivity contribution in [1.82, 2.24) is 0 Å². The van der Waals surface area contributed by atoms with Crippen LogP contribution in [0.5, 0.6) is 23.0 Å². The molecule has 0 fully saturated rings. The van der Waals surface area contributed by atoms with Gasteiger partial charge in [0.1, 0.15) is 11.3 Å². The Kier molecular flexibility index (Phi) is 6.43. The lowest BCUT2D eigenvalue weighted by molar-refractivity contribution is -0.152. The molecule has 200 valence electrons. The molecule has 0 saturated heterocycles. The summed E-state index contributed by atoms with van der Waals surface area (Å²) in [5.74, 6) is -1.93. The molecule has 2 aromatic heterocycles. The van der Waals surface area contributed by atoms with Crippen molar-refractivity contribution in [3.63, 3.8) is 0 Å². The van der Waals surface area contributed by atoms with Crippen LogP contribution in [0.3, 0.4) is 0 Å². The van der Waals surface area contributed by atoms with Gasteiger partial charge in [-0.15, -0.1) is 0 Å². The number of carbonyl (C=O) groups is 1. The molecular formula is C28H19F3O8. The van der Waals surface area contributed by atoms with Crippen LogP contribution in [0.25, 0.3) is 33.1 Å². The van der Waals surface area contributed by atoms with Crippen molar-refractivity contribution in [1.29, 1.82) is 0 Å². The van der Waals surface area contributed by atoms with Gasteiger partial charge < -0.3 is 27.8 Å². The largest absolute Gasteiger partial charge is 0.493 e. The fourth-order valence-electron chi connectivity index (χ4n) is 4.15. The van der Waals surface area contributed by atoms with Crippen molar-refractivity contribution in [2.24, 2.45) is 0 Å². The van der Waals surface area contributed by atoms with E-state index in [0.717, 1.165) is 6.07 Å². The number of furan rings is 1. The van der Waals surface area contributed by atoms with E-state index in [0.29, 0.717) is 16.7 Å². The van der Waals surface area contributed by atoms with Gasteiger partial charge in [0.15, 0.2) is 22.8 Å². The molecule has 0 spiro atoms. The lowest BCUT2D eigenvalue weighted by atomic mass is 10.0. The van der Waals surface area contributed by atoms with Gasteiger partial charge in [-0.1, -0.05) is 18.2 Å². The normalized spacial score (nSPS) is 11.5. The zero-order valence-electron chi connectivity index (χ0n) is 20.7. The zero-order chi connectivity index (χ0) is 27.9. The summed E-state index contributed by atoms with van der Waals surface area (Å²) in [6.07, 6.45) is -5.02. The molecule has 0 N–H and O–H groups in total. The minimum Gasteiger partial charge on any atom is -0.493 e. The van der Waals surface area contributed by atoms with Gasteiger partial charge in [0, 0.05) is 11.5 Å². The lowest BCUT2D eigenvalue weighted by Gasteiger charge is -2.14. The maximum atomic E-state index is 14.1. The molecular weight excluding hydrogens is 521 g/mol. The number of hydrogen-bond donors (Lipinski definition) is 0. The van der Waals surface area contributed by atoms with Crippen molar-refractivity contribution < 1.29 is 45.7 Å². The van der Waals surface area contributed by atoms with Crippen LogP contribution in [-0.2, 0) is 6.18 Å². The number of fused-ring (bicyclic) bond motifs is 2. The van der Waals surface area contributed by atoms with E-state index >= 15 is 0 Å². The number of halogens is 3. The Balaban J connectivity index is 1.57. The van der Waals surface area contributed by atoms with E-state index in [1.807, 2.05) is 0 Å². The Morgan fingerprint density at radius 3 is 2.26 bits per heavy atom. The van der Waals surface area contributed by atoms with Gasteiger partial charge >= 0.3 is 12.1 Å². The molecule has 11 heteroatoms. The van der Waals surface area contributed by atoms with Crippen LogP contribution in [0.2, 0.25) is 0 Å². The van der Waals surface area contributed by atoms with Crippen molar-refractivity contribution >= 4 is 27.9 Å². The molecule has 0 aliphatic heterocycles. The highest BCUT2D eigenvalue weighted by Crippen LogP contribution is 2.40. The zero-order valence-corrected chi connectivity index (χ0v) is 20.7. The van der Waals surface area contributed by atoms with Crippen LogP contribution >= 0.6 is 0 Å². The van der Waals surface area contributed by atoms with E-state index < -0.39 is 34.5 Å². The fraction of sp³-hybridized carbons (Fsp3) is 0.143. The van der Waals surface area contributed by atoms with Crippen LogP contribution in [0, 0.1) is 0 Å². The summed E-state index contributed by atoms with van der Waals surface area (Å²) in [6.45, 7) is 0. The molecule has 2 heterocycles. The molecule has 0 aliphatic carbocycles. The van der Waals surface area contributed by atoms with Gasteiger partial charge in [0.2, 0.25) is 16.9 Å². The number of para-hydroxylation sites is 1. The first-order valence-electron chi connectivity index (χ1n) is 11.3. The number of carbonyl (C=O) groups excluding carboxylic acids is 1. The van der Waals surface area contributed by atoms with Gasteiger partial charge in [-0.2, -0.15) is 13.2 Å². The SMILES string of the molecule is COc1ccc(-c2c(C(F)(F)F)oc3cc(OC(=O)c4cc5cccc(OC)c5o4)ccc3c2=O)cc1OC. The van der Waals surface area contributed by atoms with Crippen molar-refractivity contribution in [2.45, 2.75) is 6.18 Å². The maximum absolute atomic E-state index is 14.1. The van der Waals surface area contributed by atoms with Gasteiger partial charge in [0.25, 0.3) is 0 Å². The van der Waals surface area contributed by atoms with E-state index in [1.165, 1.54) is 57.7 Å². The third-order valence-electron chi connectivity index (χ3n) is 5.93. The Morgan fingerprint density at radius 1 is 0.821 bits per heavy atom. The molecule has 0 unspecified atom stereocenters. The summed E-state index contributed by atoms with van der Waals surface area (Å²) in [6, 6.07) is 14.0. The predicted molar refractivity (Wildman–Crippen MR) is 134 cm³/mol. The third kappa shape index (κ3) is 4.63. The minimum atomic E-state index is -5.02. The van der Waals surface area contributed by atoms with Gasteiger partial charge in [-0.3, -0.25) is 4.79 Å². The first-order valence-corrected chi connectivity index (χ1v) is 11.3. The molecule has 0 atom stereocenters. The van der Waals surface area contributed by atoms with Gasteiger partial charge in [-0.05, 0) is 42.0 Å². The smallest absolute Gasteiger partial charge is 0.450 e. The Labute approximate surface area is 218 Å². The van der Waals surface area contributed by atoms with Crippen molar-refractivity contribution in [3.8, 4) is 34.1 Å². The lowest BCUT2D eigenvalue weighted by Crippen LogP contribution is -2.16. The fourth-order valence-corrected chi connectivity index (χ4v) is 4.15. The number of esters is 1. The molecule has 3 aromatic carbocycles. The predicted octanol–water partition coefficient (Wildman–Crippen LogP) is 6.47. The quantitative estimate of drug-likeness (QED) is 0.179. The first kappa shape index (κ1) is 25.7. The molecule has 5 rings (SSSR count). The molecule has 8 nitrogen and oxygen atoms in total. The van der Waals surface area contributed by atoms with Crippen LogP contribution in [0.4, 0.5) is 13.2 Å². The Morgan fingerprint density at radius 2 is 1.56 bits per heavy atom. The summed E-state index contributed by atoms with van der Waals surface area (Å²) in [5.41, 5.74) is -1.80. The molecule has 0 aliphatic rings. The Hall–Kier alpha value is -4.93. The molecule has 0 saturated carbocycles. The van der Waals surface area contributed by atoms with Crippen LogP contribution < -0.4 is 24.4 Å². The van der Waals surface area contributed by atoms with Crippen molar-refractivity contribution in [2.75, 3.05) is 21.3 Å². The minimum absolute atomic E-state index is 0.0774. The monoisotopic (exact) mass is 540 g/mol. The van der Waals surface area contributed by atoms with Crippen LogP contribution in [-0.4, -0.2) is 27.3 Å². The molecule has 5 aromatic rings. The number of alkyl halides is 3. The summed E-state index contributed by atoms with van der Waals surface area (Å²) in [5, 5.41) is 0.435. The van der Waals surface area contributed by atoms with Crippen LogP contribution in [0.1, 0.15) is 16.3 Å². The van der Waals surface area contributed by atoms with Crippen LogP contribution in [0.15, 0.2) is 74.3 Å². The number of hydrogen-bond acceptors (Lipinski definition) is 8. The highest BCUT2D eigenvalue weighted by atomic mass is 19.4. The summed E-state index contributed by atoms with van der Waals surface area (Å²) in [7, 11) is 4.14. The summed E-state index contributed by atoms with van der Waals surface area (Å²) >= 11 is 0. The number of ether oxygens (including phenoxy) is 4. The van der Waals surface area contributed by atoms with E-state index in [1.54, 1.807) is 18.2 Å². The van der Waals surface area contributed by atoms with Crippen molar-refractivity contribution in [3.05, 3.63) is 82.4 Å². The molecule has 0 amide bonds.